The maximum Gasteiger partial charge on any atom is 0.244 e. The summed E-state index contributed by atoms with van der Waals surface area (Å²) in [4.78, 5) is 14.7. The topological polar surface area (TPSA) is 59.4 Å². The van der Waals surface area contributed by atoms with Gasteiger partial charge in [-0.15, -0.1) is 0 Å². The molecule has 1 unspecified atom stereocenters. The van der Waals surface area contributed by atoms with Crippen LogP contribution >= 0.6 is 11.6 Å². The van der Waals surface area contributed by atoms with Gasteiger partial charge >= 0.3 is 0 Å². The van der Waals surface area contributed by atoms with Crippen molar-refractivity contribution in [1.82, 2.24) is 20.0 Å². The fourth-order valence-corrected chi connectivity index (χ4v) is 2.82. The second-order valence-electron chi connectivity index (χ2n) is 5.60. The molecule has 1 atom stereocenters. The first kappa shape index (κ1) is 17.2. The number of ether oxygens (including phenoxy) is 1. The Morgan fingerprint density at radius 1 is 1.41 bits per heavy atom. The van der Waals surface area contributed by atoms with E-state index in [1.165, 1.54) is 0 Å². The van der Waals surface area contributed by atoms with Crippen molar-refractivity contribution in [1.29, 1.82) is 0 Å². The molecule has 1 fully saturated rings. The molecule has 1 saturated heterocycles. The Labute approximate surface area is 136 Å². The van der Waals surface area contributed by atoms with Gasteiger partial charge in [0.2, 0.25) is 5.91 Å². The van der Waals surface area contributed by atoms with Crippen LogP contribution < -0.4 is 5.32 Å². The molecule has 1 aromatic heterocycles. The van der Waals surface area contributed by atoms with Crippen LogP contribution in [0, 0.1) is 13.8 Å². The van der Waals surface area contributed by atoms with Crippen molar-refractivity contribution >= 4 is 17.5 Å². The first-order valence-corrected chi connectivity index (χ1v) is 8.21. The van der Waals surface area contributed by atoms with Crippen LogP contribution in [0.25, 0.3) is 0 Å². The van der Waals surface area contributed by atoms with E-state index in [-0.39, 0.29) is 11.9 Å². The van der Waals surface area contributed by atoms with Crippen molar-refractivity contribution in [2.24, 2.45) is 0 Å². The van der Waals surface area contributed by atoms with Gasteiger partial charge in [0.05, 0.1) is 29.6 Å². The van der Waals surface area contributed by atoms with Crippen LogP contribution in [-0.2, 0) is 9.53 Å². The van der Waals surface area contributed by atoms with Crippen molar-refractivity contribution in [3.63, 3.8) is 0 Å². The summed E-state index contributed by atoms with van der Waals surface area (Å²) in [5, 5.41) is 8.05. The number of morpholine rings is 1. The van der Waals surface area contributed by atoms with Gasteiger partial charge in [-0.1, -0.05) is 18.5 Å². The minimum absolute atomic E-state index is 0.00183. The quantitative estimate of drug-likeness (QED) is 0.861. The Bertz CT molecular complexity index is 512. The van der Waals surface area contributed by atoms with Gasteiger partial charge in [0.15, 0.2) is 0 Å². The minimum atomic E-state index is -0.309. The van der Waals surface area contributed by atoms with Crippen molar-refractivity contribution in [2.45, 2.75) is 33.2 Å². The summed E-state index contributed by atoms with van der Waals surface area (Å²) in [6, 6.07) is -0.309. The summed E-state index contributed by atoms with van der Waals surface area (Å²) in [5.74, 6) is -0.00183. The van der Waals surface area contributed by atoms with E-state index in [0.29, 0.717) is 18.0 Å². The lowest BCUT2D eigenvalue weighted by Crippen LogP contribution is -2.42. The highest BCUT2D eigenvalue weighted by atomic mass is 35.5. The number of rotatable bonds is 6. The molecule has 1 amide bonds. The molecule has 2 heterocycles. The number of carbonyl (C=O) groups excluding carboxylic acids is 1. The lowest BCUT2D eigenvalue weighted by atomic mass is 10.2. The molecule has 2 rings (SSSR count). The number of amides is 1. The zero-order valence-corrected chi connectivity index (χ0v) is 14.3. The van der Waals surface area contributed by atoms with Crippen LogP contribution in [-0.4, -0.2) is 60.0 Å². The van der Waals surface area contributed by atoms with E-state index in [1.807, 2.05) is 20.8 Å². The summed E-state index contributed by atoms with van der Waals surface area (Å²) >= 11 is 6.18. The molecule has 0 radical (unpaired) electrons. The third kappa shape index (κ3) is 4.00. The molecule has 0 spiro atoms. The van der Waals surface area contributed by atoms with E-state index in [4.69, 9.17) is 16.3 Å². The zero-order valence-electron chi connectivity index (χ0n) is 13.6. The van der Waals surface area contributed by atoms with Crippen LogP contribution in [0.3, 0.4) is 0 Å². The van der Waals surface area contributed by atoms with Gasteiger partial charge in [0, 0.05) is 26.2 Å². The van der Waals surface area contributed by atoms with Gasteiger partial charge in [-0.05, 0) is 20.3 Å². The highest BCUT2D eigenvalue weighted by Crippen LogP contribution is 2.23. The number of carbonyl (C=O) groups is 1. The Hall–Kier alpha value is -1.11. The number of nitrogens with zero attached hydrogens (tertiary/aromatic N) is 3. The highest BCUT2D eigenvalue weighted by molar-refractivity contribution is 6.31. The SMILES string of the molecule is CCC(C(=O)NCCN1CCOCC1)n1nc(C)c(Cl)c1C. The fraction of sp³-hybridized carbons (Fsp3) is 0.733. The van der Waals surface area contributed by atoms with E-state index in [2.05, 4.69) is 15.3 Å². The number of halogens is 1. The third-order valence-corrected chi connectivity index (χ3v) is 4.60. The van der Waals surface area contributed by atoms with Crippen LogP contribution in [0.1, 0.15) is 30.8 Å². The molecule has 0 aromatic carbocycles. The predicted octanol–water partition coefficient (Wildman–Crippen LogP) is 1.55. The smallest absolute Gasteiger partial charge is 0.244 e. The molecule has 1 aliphatic rings. The standard InChI is InChI=1S/C15H25ClN4O2/c1-4-13(20-12(3)14(16)11(2)18-20)15(21)17-5-6-19-7-9-22-10-8-19/h13H,4-10H2,1-3H3,(H,17,21). The maximum atomic E-state index is 12.4. The Morgan fingerprint density at radius 2 is 2.09 bits per heavy atom. The Balaban J connectivity index is 1.89. The van der Waals surface area contributed by atoms with Crippen LogP contribution in [0.15, 0.2) is 0 Å². The average molecular weight is 329 g/mol. The minimum Gasteiger partial charge on any atom is -0.379 e. The molecule has 7 heteroatoms. The summed E-state index contributed by atoms with van der Waals surface area (Å²) in [5.41, 5.74) is 1.60. The number of aryl methyl sites for hydroxylation is 1. The number of nitrogens with one attached hydrogen (secondary N) is 1. The molecule has 124 valence electrons. The predicted molar refractivity (Wildman–Crippen MR) is 86.3 cm³/mol. The van der Waals surface area contributed by atoms with Crippen molar-refractivity contribution in [3.8, 4) is 0 Å². The summed E-state index contributed by atoms with van der Waals surface area (Å²) in [6.07, 6.45) is 0.682. The largest absolute Gasteiger partial charge is 0.379 e. The number of hydrogen-bond donors (Lipinski definition) is 1. The second kappa shape index (κ2) is 7.94. The number of hydrogen-bond acceptors (Lipinski definition) is 4. The van der Waals surface area contributed by atoms with Crippen molar-refractivity contribution in [2.75, 3.05) is 39.4 Å². The van der Waals surface area contributed by atoms with Crippen molar-refractivity contribution in [3.05, 3.63) is 16.4 Å². The van der Waals surface area contributed by atoms with E-state index < -0.39 is 0 Å². The highest BCUT2D eigenvalue weighted by Gasteiger charge is 2.23. The summed E-state index contributed by atoms with van der Waals surface area (Å²) in [7, 11) is 0. The molecule has 22 heavy (non-hydrogen) atoms. The lowest BCUT2D eigenvalue weighted by Gasteiger charge is -2.27. The molecular formula is C15H25ClN4O2. The Morgan fingerprint density at radius 3 is 2.64 bits per heavy atom. The summed E-state index contributed by atoms with van der Waals surface area (Å²) < 4.78 is 7.05. The van der Waals surface area contributed by atoms with Crippen LogP contribution in [0.2, 0.25) is 5.02 Å². The van der Waals surface area contributed by atoms with Gasteiger partial charge in [-0.3, -0.25) is 14.4 Å². The normalized spacial score (nSPS) is 17.5. The number of aromatic nitrogens is 2. The fourth-order valence-electron chi connectivity index (χ4n) is 2.70. The van der Waals surface area contributed by atoms with E-state index in [0.717, 1.165) is 44.2 Å². The monoisotopic (exact) mass is 328 g/mol. The van der Waals surface area contributed by atoms with Crippen LogP contribution in [0.4, 0.5) is 0 Å². The maximum absolute atomic E-state index is 12.4. The average Bonchev–Trinajstić information content (AvgIpc) is 2.77. The van der Waals surface area contributed by atoms with Gasteiger partial charge in [0.1, 0.15) is 6.04 Å². The van der Waals surface area contributed by atoms with Gasteiger partial charge in [-0.2, -0.15) is 5.10 Å². The third-order valence-electron chi connectivity index (χ3n) is 4.05. The molecule has 0 aliphatic carbocycles. The molecule has 1 N–H and O–H groups in total. The van der Waals surface area contributed by atoms with Gasteiger partial charge in [-0.25, -0.2) is 0 Å². The lowest BCUT2D eigenvalue weighted by molar-refractivity contribution is -0.124. The van der Waals surface area contributed by atoms with E-state index >= 15 is 0 Å². The molecule has 1 aromatic rings. The van der Waals surface area contributed by atoms with Gasteiger partial charge < -0.3 is 10.1 Å². The first-order valence-electron chi connectivity index (χ1n) is 7.83. The first-order chi connectivity index (χ1) is 10.5. The Kier molecular flexibility index (Phi) is 6.23. The summed E-state index contributed by atoms with van der Waals surface area (Å²) in [6.45, 7) is 10.6. The molecular weight excluding hydrogens is 304 g/mol. The molecule has 1 aliphatic heterocycles. The molecule has 0 bridgehead atoms. The molecule has 0 saturated carbocycles. The van der Waals surface area contributed by atoms with Crippen LogP contribution in [0.5, 0.6) is 0 Å². The van der Waals surface area contributed by atoms with E-state index in [1.54, 1.807) is 4.68 Å². The van der Waals surface area contributed by atoms with Crippen molar-refractivity contribution < 1.29 is 9.53 Å². The van der Waals surface area contributed by atoms with Gasteiger partial charge in [0.25, 0.3) is 0 Å². The zero-order chi connectivity index (χ0) is 16.1. The van der Waals surface area contributed by atoms with E-state index in [9.17, 15) is 4.79 Å². The second-order valence-corrected chi connectivity index (χ2v) is 5.98. The molecule has 6 nitrogen and oxygen atoms in total.